The van der Waals surface area contributed by atoms with Crippen LogP contribution in [0.15, 0.2) is 12.1 Å². The lowest BCUT2D eigenvalue weighted by Crippen LogP contribution is -2.36. The Labute approximate surface area is 125 Å². The molecule has 3 rings (SSSR count). The fourth-order valence-electron chi connectivity index (χ4n) is 3.06. The second-order valence-electron chi connectivity index (χ2n) is 6.10. The fraction of sp³-hybridized carbons (Fsp3) is 0.500. The topological polar surface area (TPSA) is 67.1 Å². The molecule has 0 amide bonds. The van der Waals surface area contributed by atoms with Crippen molar-refractivity contribution in [1.29, 1.82) is 0 Å². The summed E-state index contributed by atoms with van der Waals surface area (Å²) >= 11 is 0. The Morgan fingerprint density at radius 3 is 2.62 bits per heavy atom. The van der Waals surface area contributed by atoms with Gasteiger partial charge in [0, 0.05) is 28.9 Å². The van der Waals surface area contributed by atoms with Crippen LogP contribution in [-0.4, -0.2) is 41.0 Å². The van der Waals surface area contributed by atoms with E-state index in [1.165, 1.54) is 0 Å². The number of nitrogens with zero attached hydrogens (tertiary/aromatic N) is 3. The second-order valence-corrected chi connectivity index (χ2v) is 6.10. The predicted octanol–water partition coefficient (Wildman–Crippen LogP) is 2.33. The van der Waals surface area contributed by atoms with Crippen molar-refractivity contribution < 1.29 is 0 Å². The SMILES string of the molecule is Cc1cc(C)c2c(N)cc(NC3CCN(C)CC3)nc2n1. The predicted molar refractivity (Wildman–Crippen MR) is 87.6 cm³/mol. The van der Waals surface area contributed by atoms with E-state index in [1.807, 2.05) is 19.1 Å². The maximum atomic E-state index is 6.21. The van der Waals surface area contributed by atoms with E-state index in [0.717, 1.165) is 59.7 Å². The lowest BCUT2D eigenvalue weighted by molar-refractivity contribution is 0.263. The summed E-state index contributed by atoms with van der Waals surface area (Å²) in [6, 6.07) is 4.45. The van der Waals surface area contributed by atoms with Gasteiger partial charge in [0.05, 0.1) is 0 Å². The first-order chi connectivity index (χ1) is 10.0. The van der Waals surface area contributed by atoms with Crippen LogP contribution in [0.1, 0.15) is 24.1 Å². The van der Waals surface area contributed by atoms with Gasteiger partial charge in [-0.15, -0.1) is 0 Å². The molecule has 1 aliphatic heterocycles. The van der Waals surface area contributed by atoms with E-state index in [2.05, 4.69) is 34.2 Å². The number of nitrogens with one attached hydrogen (secondary N) is 1. The molecule has 0 unspecified atom stereocenters. The molecule has 0 bridgehead atoms. The number of hydrogen-bond donors (Lipinski definition) is 2. The molecule has 0 aromatic carbocycles. The van der Waals surface area contributed by atoms with Crippen LogP contribution in [0, 0.1) is 13.8 Å². The van der Waals surface area contributed by atoms with Crippen LogP contribution in [0.3, 0.4) is 0 Å². The quantitative estimate of drug-likeness (QED) is 0.886. The van der Waals surface area contributed by atoms with Crippen molar-refractivity contribution in [3.05, 3.63) is 23.4 Å². The fourth-order valence-corrected chi connectivity index (χ4v) is 3.06. The Balaban J connectivity index is 1.90. The number of nitrogens with two attached hydrogens (primary N) is 1. The zero-order valence-corrected chi connectivity index (χ0v) is 13.0. The summed E-state index contributed by atoms with van der Waals surface area (Å²) in [6.07, 6.45) is 2.27. The smallest absolute Gasteiger partial charge is 0.164 e. The van der Waals surface area contributed by atoms with Crippen molar-refractivity contribution in [2.24, 2.45) is 0 Å². The third-order valence-corrected chi connectivity index (χ3v) is 4.20. The van der Waals surface area contributed by atoms with Gasteiger partial charge >= 0.3 is 0 Å². The number of anilines is 2. The van der Waals surface area contributed by atoms with Gasteiger partial charge in [0.25, 0.3) is 0 Å². The average Bonchev–Trinajstić information content (AvgIpc) is 2.40. The molecule has 21 heavy (non-hydrogen) atoms. The molecule has 0 radical (unpaired) electrons. The number of pyridine rings is 2. The maximum Gasteiger partial charge on any atom is 0.164 e. The largest absolute Gasteiger partial charge is 0.398 e. The molecule has 3 heterocycles. The van der Waals surface area contributed by atoms with Gasteiger partial charge in [-0.3, -0.25) is 0 Å². The standard InChI is InChI=1S/C16H23N5/c1-10-8-11(2)18-16-15(10)13(17)9-14(20-16)19-12-4-6-21(3)7-5-12/h8-9,12H,4-7H2,1-3H3,(H3,17,18,19,20). The first-order valence-corrected chi connectivity index (χ1v) is 7.52. The lowest BCUT2D eigenvalue weighted by atomic mass is 10.1. The molecule has 1 fully saturated rings. The van der Waals surface area contributed by atoms with E-state index >= 15 is 0 Å². The average molecular weight is 285 g/mol. The van der Waals surface area contributed by atoms with Crippen LogP contribution >= 0.6 is 0 Å². The summed E-state index contributed by atoms with van der Waals surface area (Å²) in [5.41, 5.74) is 9.80. The van der Waals surface area contributed by atoms with Crippen LogP contribution in [0.25, 0.3) is 11.0 Å². The third kappa shape index (κ3) is 2.93. The van der Waals surface area contributed by atoms with Crippen molar-refractivity contribution in [3.63, 3.8) is 0 Å². The lowest BCUT2D eigenvalue weighted by Gasteiger charge is -2.29. The molecule has 5 nitrogen and oxygen atoms in total. The summed E-state index contributed by atoms with van der Waals surface area (Å²) in [5.74, 6) is 0.840. The summed E-state index contributed by atoms with van der Waals surface area (Å²) in [4.78, 5) is 11.5. The number of hydrogen-bond acceptors (Lipinski definition) is 5. The normalized spacial score (nSPS) is 17.3. The molecule has 1 saturated heterocycles. The van der Waals surface area contributed by atoms with Gasteiger partial charge < -0.3 is 16.0 Å². The number of aryl methyl sites for hydroxylation is 2. The number of piperidine rings is 1. The molecular formula is C16H23N5. The highest BCUT2D eigenvalue weighted by Crippen LogP contribution is 2.26. The highest BCUT2D eigenvalue weighted by Gasteiger charge is 2.17. The number of aromatic nitrogens is 2. The van der Waals surface area contributed by atoms with Crippen molar-refractivity contribution >= 4 is 22.5 Å². The van der Waals surface area contributed by atoms with Gasteiger partial charge in [0.1, 0.15) is 5.82 Å². The van der Waals surface area contributed by atoms with E-state index in [0.29, 0.717) is 6.04 Å². The van der Waals surface area contributed by atoms with Crippen LogP contribution in [0.5, 0.6) is 0 Å². The van der Waals surface area contributed by atoms with E-state index in [-0.39, 0.29) is 0 Å². The van der Waals surface area contributed by atoms with Crippen molar-refractivity contribution in [2.75, 3.05) is 31.2 Å². The Bertz CT molecular complexity index is 659. The summed E-state index contributed by atoms with van der Waals surface area (Å²) in [5, 5.41) is 4.48. The molecular weight excluding hydrogens is 262 g/mol. The molecule has 0 atom stereocenters. The maximum absolute atomic E-state index is 6.21. The van der Waals surface area contributed by atoms with Crippen LogP contribution in [0.2, 0.25) is 0 Å². The molecule has 3 N–H and O–H groups in total. The van der Waals surface area contributed by atoms with Gasteiger partial charge in [-0.25, -0.2) is 9.97 Å². The van der Waals surface area contributed by atoms with Crippen LogP contribution in [0.4, 0.5) is 11.5 Å². The zero-order valence-electron chi connectivity index (χ0n) is 13.0. The van der Waals surface area contributed by atoms with E-state index in [9.17, 15) is 0 Å². The number of likely N-dealkylation sites (tertiary alicyclic amines) is 1. The van der Waals surface area contributed by atoms with Crippen molar-refractivity contribution in [2.45, 2.75) is 32.7 Å². The highest BCUT2D eigenvalue weighted by molar-refractivity contribution is 5.92. The molecule has 2 aromatic heterocycles. The van der Waals surface area contributed by atoms with Crippen molar-refractivity contribution in [1.82, 2.24) is 14.9 Å². The molecule has 2 aromatic rings. The molecule has 1 aliphatic rings. The highest BCUT2D eigenvalue weighted by atomic mass is 15.1. The Morgan fingerprint density at radius 1 is 1.19 bits per heavy atom. The first-order valence-electron chi connectivity index (χ1n) is 7.52. The monoisotopic (exact) mass is 285 g/mol. The Kier molecular flexibility index (Phi) is 3.68. The second kappa shape index (κ2) is 5.48. The Morgan fingerprint density at radius 2 is 1.90 bits per heavy atom. The minimum atomic E-state index is 0.469. The molecule has 5 heteroatoms. The number of fused-ring (bicyclic) bond motifs is 1. The summed E-state index contributed by atoms with van der Waals surface area (Å²) in [6.45, 7) is 6.29. The van der Waals surface area contributed by atoms with E-state index in [4.69, 9.17) is 5.73 Å². The zero-order chi connectivity index (χ0) is 15.0. The van der Waals surface area contributed by atoms with Gasteiger partial charge in [-0.05, 0) is 58.5 Å². The minimum Gasteiger partial charge on any atom is -0.398 e. The third-order valence-electron chi connectivity index (χ3n) is 4.20. The molecule has 0 saturated carbocycles. The number of nitrogen functional groups attached to an aromatic ring is 1. The molecule has 0 aliphatic carbocycles. The Hall–Kier alpha value is -1.88. The van der Waals surface area contributed by atoms with Crippen molar-refractivity contribution in [3.8, 4) is 0 Å². The van der Waals surface area contributed by atoms with Gasteiger partial charge in [0.2, 0.25) is 0 Å². The minimum absolute atomic E-state index is 0.469. The molecule has 112 valence electrons. The summed E-state index contributed by atoms with van der Waals surface area (Å²) < 4.78 is 0. The van der Waals surface area contributed by atoms with E-state index in [1.54, 1.807) is 0 Å². The first kappa shape index (κ1) is 14.1. The summed E-state index contributed by atoms with van der Waals surface area (Å²) in [7, 11) is 2.16. The van der Waals surface area contributed by atoms with E-state index < -0.39 is 0 Å². The number of rotatable bonds is 2. The van der Waals surface area contributed by atoms with Gasteiger partial charge in [0.15, 0.2) is 5.65 Å². The van der Waals surface area contributed by atoms with Crippen LogP contribution < -0.4 is 11.1 Å². The van der Waals surface area contributed by atoms with Gasteiger partial charge in [-0.1, -0.05) is 0 Å². The molecule has 0 spiro atoms. The van der Waals surface area contributed by atoms with Crippen LogP contribution in [-0.2, 0) is 0 Å². The van der Waals surface area contributed by atoms with Gasteiger partial charge in [-0.2, -0.15) is 0 Å².